The molecule has 0 aromatic heterocycles. The SMILES string of the molecule is CC(=O)c1ccccc1O.CCC. The van der Waals surface area contributed by atoms with E-state index in [2.05, 4.69) is 13.8 Å². The van der Waals surface area contributed by atoms with Crippen molar-refractivity contribution in [2.24, 2.45) is 0 Å². The topological polar surface area (TPSA) is 37.3 Å². The summed E-state index contributed by atoms with van der Waals surface area (Å²) in [7, 11) is 0. The van der Waals surface area contributed by atoms with E-state index >= 15 is 0 Å². The number of phenols is 1. The van der Waals surface area contributed by atoms with Crippen molar-refractivity contribution in [1.29, 1.82) is 0 Å². The van der Waals surface area contributed by atoms with Crippen molar-refractivity contribution in [2.45, 2.75) is 27.2 Å². The Morgan fingerprint density at radius 1 is 1.31 bits per heavy atom. The molecule has 0 aliphatic rings. The summed E-state index contributed by atoms with van der Waals surface area (Å²) in [5.41, 5.74) is 0.377. The molecule has 1 aromatic carbocycles. The molecule has 1 rings (SSSR count). The Morgan fingerprint density at radius 3 is 2.08 bits per heavy atom. The highest BCUT2D eigenvalue weighted by molar-refractivity contribution is 5.96. The zero-order chi connectivity index (χ0) is 10.3. The van der Waals surface area contributed by atoms with E-state index in [9.17, 15) is 4.79 Å². The van der Waals surface area contributed by atoms with Crippen molar-refractivity contribution < 1.29 is 9.90 Å². The first kappa shape index (κ1) is 11.7. The largest absolute Gasteiger partial charge is 0.507 e. The first-order chi connectivity index (χ1) is 6.13. The summed E-state index contributed by atoms with van der Waals surface area (Å²) in [5.74, 6) is -0.0619. The van der Waals surface area contributed by atoms with Gasteiger partial charge >= 0.3 is 0 Å². The average Bonchev–Trinajstić information content (AvgIpc) is 2.06. The lowest BCUT2D eigenvalue weighted by atomic mass is 10.1. The summed E-state index contributed by atoms with van der Waals surface area (Å²) in [6, 6.07) is 6.49. The molecule has 0 aliphatic carbocycles. The molecule has 2 heteroatoms. The van der Waals surface area contributed by atoms with Crippen LogP contribution in [0.5, 0.6) is 5.75 Å². The molecule has 0 saturated carbocycles. The second-order valence-electron chi connectivity index (χ2n) is 2.78. The molecule has 0 saturated heterocycles. The molecule has 0 fully saturated rings. The predicted molar refractivity (Wildman–Crippen MR) is 54.1 cm³/mol. The van der Waals surface area contributed by atoms with Gasteiger partial charge in [0.05, 0.1) is 5.56 Å². The Labute approximate surface area is 79.2 Å². The number of rotatable bonds is 1. The summed E-state index contributed by atoms with van der Waals surface area (Å²) in [5, 5.41) is 9.06. The minimum absolute atomic E-state index is 0.0509. The molecule has 2 nitrogen and oxygen atoms in total. The molecule has 0 radical (unpaired) electrons. The van der Waals surface area contributed by atoms with Crippen LogP contribution in [0.25, 0.3) is 0 Å². The third-order valence-corrected chi connectivity index (χ3v) is 1.28. The molecule has 0 spiro atoms. The number of para-hydroxylation sites is 1. The van der Waals surface area contributed by atoms with Crippen molar-refractivity contribution in [3.63, 3.8) is 0 Å². The lowest BCUT2D eigenvalue weighted by Crippen LogP contribution is -1.90. The van der Waals surface area contributed by atoms with Gasteiger partial charge in [0.1, 0.15) is 5.75 Å². The normalized spacial score (nSPS) is 8.54. The summed E-state index contributed by atoms with van der Waals surface area (Å²) < 4.78 is 0. The standard InChI is InChI=1S/C8H8O2.C3H8/c1-6(9)7-4-2-3-5-8(7)10;1-3-2/h2-5,10H,1H3;3H2,1-2H3. The molecule has 0 amide bonds. The molecule has 72 valence electrons. The molecule has 1 aromatic rings. The molecular formula is C11H16O2. The molecule has 0 unspecified atom stereocenters. The van der Waals surface area contributed by atoms with E-state index in [1.165, 1.54) is 19.4 Å². The molecular weight excluding hydrogens is 164 g/mol. The number of hydrogen-bond acceptors (Lipinski definition) is 2. The summed E-state index contributed by atoms with van der Waals surface area (Å²) in [6.45, 7) is 5.68. The van der Waals surface area contributed by atoms with Gasteiger partial charge in [0, 0.05) is 0 Å². The van der Waals surface area contributed by atoms with Crippen LogP contribution in [-0.2, 0) is 0 Å². The fourth-order valence-corrected chi connectivity index (χ4v) is 0.771. The van der Waals surface area contributed by atoms with E-state index in [1.807, 2.05) is 0 Å². The van der Waals surface area contributed by atoms with E-state index in [0.29, 0.717) is 5.56 Å². The number of carbonyl (C=O) groups excluding carboxylic acids is 1. The van der Waals surface area contributed by atoms with Crippen LogP contribution >= 0.6 is 0 Å². The maximum Gasteiger partial charge on any atom is 0.163 e. The highest BCUT2D eigenvalue weighted by Crippen LogP contribution is 2.15. The molecule has 0 heterocycles. The fraction of sp³-hybridized carbons (Fsp3) is 0.364. The Morgan fingerprint density at radius 2 is 1.77 bits per heavy atom. The van der Waals surface area contributed by atoms with Crippen molar-refractivity contribution >= 4 is 5.78 Å². The summed E-state index contributed by atoms with van der Waals surface area (Å²) in [4.78, 5) is 10.7. The van der Waals surface area contributed by atoms with Crippen molar-refractivity contribution in [3.8, 4) is 5.75 Å². The first-order valence-corrected chi connectivity index (χ1v) is 4.42. The molecule has 0 bridgehead atoms. The Hall–Kier alpha value is -1.31. The van der Waals surface area contributed by atoms with E-state index in [0.717, 1.165) is 0 Å². The van der Waals surface area contributed by atoms with Gasteiger partial charge in [0.15, 0.2) is 5.78 Å². The maximum atomic E-state index is 10.7. The fourth-order valence-electron chi connectivity index (χ4n) is 0.771. The van der Waals surface area contributed by atoms with Gasteiger partial charge in [-0.15, -0.1) is 0 Å². The van der Waals surface area contributed by atoms with Gasteiger partial charge in [-0.25, -0.2) is 0 Å². The van der Waals surface area contributed by atoms with Gasteiger partial charge < -0.3 is 5.11 Å². The first-order valence-electron chi connectivity index (χ1n) is 4.42. The van der Waals surface area contributed by atoms with Crippen LogP contribution in [0.4, 0.5) is 0 Å². The molecule has 0 aliphatic heterocycles. The second kappa shape index (κ2) is 6.23. The van der Waals surface area contributed by atoms with Gasteiger partial charge in [-0.2, -0.15) is 0 Å². The van der Waals surface area contributed by atoms with Crippen molar-refractivity contribution in [1.82, 2.24) is 0 Å². The summed E-state index contributed by atoms with van der Waals surface area (Å²) >= 11 is 0. The van der Waals surface area contributed by atoms with Crippen molar-refractivity contribution in [2.75, 3.05) is 0 Å². The maximum absolute atomic E-state index is 10.7. The lowest BCUT2D eigenvalue weighted by Gasteiger charge is -1.96. The second-order valence-corrected chi connectivity index (χ2v) is 2.78. The van der Waals surface area contributed by atoms with Crippen LogP contribution in [-0.4, -0.2) is 10.9 Å². The van der Waals surface area contributed by atoms with E-state index in [1.54, 1.807) is 18.2 Å². The quantitative estimate of drug-likeness (QED) is 0.674. The highest BCUT2D eigenvalue weighted by Gasteiger charge is 2.02. The highest BCUT2D eigenvalue weighted by atomic mass is 16.3. The summed E-state index contributed by atoms with van der Waals surface area (Å²) in [6.07, 6.45) is 1.25. The Balaban J connectivity index is 0.000000424. The third kappa shape index (κ3) is 4.31. The average molecular weight is 180 g/mol. The van der Waals surface area contributed by atoms with Gasteiger partial charge in [-0.05, 0) is 19.1 Å². The number of Topliss-reactive ketones (excluding diaryl/α,β-unsaturated/α-hetero) is 1. The van der Waals surface area contributed by atoms with Gasteiger partial charge in [-0.1, -0.05) is 32.4 Å². The minimum atomic E-state index is -0.113. The number of aromatic hydroxyl groups is 1. The van der Waals surface area contributed by atoms with Crippen LogP contribution in [0.2, 0.25) is 0 Å². The van der Waals surface area contributed by atoms with Crippen LogP contribution in [0.1, 0.15) is 37.6 Å². The zero-order valence-corrected chi connectivity index (χ0v) is 8.37. The predicted octanol–water partition coefficient (Wildman–Crippen LogP) is 3.01. The Kier molecular flexibility index (Phi) is 5.60. The van der Waals surface area contributed by atoms with Gasteiger partial charge in [-0.3, -0.25) is 4.79 Å². The van der Waals surface area contributed by atoms with E-state index in [4.69, 9.17) is 5.11 Å². The zero-order valence-electron chi connectivity index (χ0n) is 8.37. The number of ketones is 1. The number of carbonyl (C=O) groups is 1. The van der Waals surface area contributed by atoms with Gasteiger partial charge in [0.25, 0.3) is 0 Å². The van der Waals surface area contributed by atoms with E-state index in [-0.39, 0.29) is 11.5 Å². The number of benzene rings is 1. The van der Waals surface area contributed by atoms with E-state index < -0.39 is 0 Å². The van der Waals surface area contributed by atoms with Gasteiger partial charge in [0.2, 0.25) is 0 Å². The van der Waals surface area contributed by atoms with Crippen LogP contribution in [0.3, 0.4) is 0 Å². The number of phenolic OH excluding ortho intramolecular Hbond substituents is 1. The third-order valence-electron chi connectivity index (χ3n) is 1.28. The Bertz CT molecular complexity index is 267. The van der Waals surface area contributed by atoms with Crippen LogP contribution in [0.15, 0.2) is 24.3 Å². The van der Waals surface area contributed by atoms with Crippen LogP contribution in [0, 0.1) is 0 Å². The van der Waals surface area contributed by atoms with Crippen molar-refractivity contribution in [3.05, 3.63) is 29.8 Å². The number of hydrogen-bond donors (Lipinski definition) is 1. The molecule has 0 atom stereocenters. The molecule has 13 heavy (non-hydrogen) atoms. The molecule has 1 N–H and O–H groups in total. The smallest absolute Gasteiger partial charge is 0.163 e. The van der Waals surface area contributed by atoms with Crippen LogP contribution < -0.4 is 0 Å². The monoisotopic (exact) mass is 180 g/mol. The lowest BCUT2D eigenvalue weighted by molar-refractivity contribution is 0.101. The minimum Gasteiger partial charge on any atom is -0.507 e.